The van der Waals surface area contributed by atoms with Crippen LogP contribution in [0.1, 0.15) is 24.3 Å². The number of amides is 1. The number of hydrogen-bond donors (Lipinski definition) is 2. The molecule has 0 unspecified atom stereocenters. The highest BCUT2D eigenvalue weighted by molar-refractivity contribution is 5.92. The number of esters is 1. The quantitative estimate of drug-likeness (QED) is 0.705. The Bertz CT molecular complexity index is 707. The van der Waals surface area contributed by atoms with E-state index in [2.05, 4.69) is 5.32 Å². The normalized spacial score (nSPS) is 26.1. The molecule has 1 fully saturated rings. The third-order valence-electron chi connectivity index (χ3n) is 4.86. The van der Waals surface area contributed by atoms with Gasteiger partial charge in [-0.2, -0.15) is 0 Å². The van der Waals surface area contributed by atoms with Crippen LogP contribution in [0.4, 0.5) is 5.69 Å². The lowest BCUT2D eigenvalue weighted by atomic mass is 9.84. The molecule has 148 valence electrons. The molecule has 2 aliphatic rings. The van der Waals surface area contributed by atoms with Crippen molar-refractivity contribution < 1.29 is 28.9 Å². The zero-order valence-electron chi connectivity index (χ0n) is 15.8. The minimum Gasteiger partial charge on any atom is -0.487 e. The zero-order valence-corrected chi connectivity index (χ0v) is 15.8. The van der Waals surface area contributed by atoms with Crippen molar-refractivity contribution in [2.45, 2.75) is 37.1 Å². The summed E-state index contributed by atoms with van der Waals surface area (Å²) in [4.78, 5) is 25.4. The Morgan fingerprint density at radius 3 is 2.81 bits per heavy atom. The number of hydrogen-bond acceptors (Lipinski definition) is 7. The molecule has 0 saturated carbocycles. The average molecular weight is 378 g/mol. The minimum absolute atomic E-state index is 0.0220. The molecule has 8 heteroatoms. The van der Waals surface area contributed by atoms with Crippen molar-refractivity contribution in [3.05, 3.63) is 23.8 Å². The minimum atomic E-state index is -0.516. The average Bonchev–Trinajstić information content (AvgIpc) is 2.98. The summed E-state index contributed by atoms with van der Waals surface area (Å²) in [5.74, 6) is 0.251. The number of carbonyl (C=O) groups excluding carboxylic acids is 2. The van der Waals surface area contributed by atoms with Gasteiger partial charge in [-0.05, 0) is 38.7 Å². The van der Waals surface area contributed by atoms with Gasteiger partial charge in [0.05, 0.1) is 32.8 Å². The summed E-state index contributed by atoms with van der Waals surface area (Å²) in [6, 6.07) is 5.52. The molecule has 0 spiro atoms. The third-order valence-corrected chi connectivity index (χ3v) is 4.86. The number of aliphatic hydroxyl groups excluding tert-OH is 1. The predicted octanol–water partition coefficient (Wildman–Crippen LogP) is 0.744. The first-order valence-corrected chi connectivity index (χ1v) is 8.99. The lowest BCUT2D eigenvalue weighted by molar-refractivity contribution is -0.156. The van der Waals surface area contributed by atoms with Crippen molar-refractivity contribution in [1.82, 2.24) is 4.90 Å². The van der Waals surface area contributed by atoms with Gasteiger partial charge in [-0.25, -0.2) is 0 Å². The van der Waals surface area contributed by atoms with E-state index >= 15 is 0 Å². The molecular formula is C19H26N2O6. The number of likely N-dealkylation sites (N-methyl/N-ethyl adjacent to an activating group) is 1. The molecule has 0 radical (unpaired) electrons. The monoisotopic (exact) mass is 378 g/mol. The van der Waals surface area contributed by atoms with Gasteiger partial charge in [-0.1, -0.05) is 0 Å². The molecular weight excluding hydrogens is 352 g/mol. The second-order valence-electron chi connectivity index (χ2n) is 7.22. The van der Waals surface area contributed by atoms with E-state index in [-0.39, 0.29) is 43.0 Å². The van der Waals surface area contributed by atoms with E-state index in [4.69, 9.17) is 14.2 Å². The van der Waals surface area contributed by atoms with Gasteiger partial charge in [0.15, 0.2) is 0 Å². The van der Waals surface area contributed by atoms with Gasteiger partial charge >= 0.3 is 5.97 Å². The first-order valence-electron chi connectivity index (χ1n) is 8.99. The number of ether oxygens (including phenoxy) is 3. The van der Waals surface area contributed by atoms with E-state index in [1.165, 1.54) is 7.11 Å². The number of carbonyl (C=O) groups is 2. The summed E-state index contributed by atoms with van der Waals surface area (Å²) in [5, 5.41) is 12.6. The van der Waals surface area contributed by atoms with Gasteiger partial charge in [0.25, 0.3) is 0 Å². The summed E-state index contributed by atoms with van der Waals surface area (Å²) in [6.07, 6.45) is -0.468. The second-order valence-corrected chi connectivity index (χ2v) is 7.22. The Hall–Kier alpha value is -2.16. The van der Waals surface area contributed by atoms with Gasteiger partial charge in [0.1, 0.15) is 18.0 Å². The van der Waals surface area contributed by atoms with Crippen molar-refractivity contribution >= 4 is 17.6 Å². The Kier molecular flexibility index (Phi) is 5.98. The Balaban J connectivity index is 1.78. The van der Waals surface area contributed by atoms with Gasteiger partial charge in [-0.3, -0.25) is 9.59 Å². The summed E-state index contributed by atoms with van der Waals surface area (Å²) in [6.45, 7) is 0.0977. The molecule has 2 heterocycles. The molecule has 2 N–H and O–H groups in total. The molecule has 1 amide bonds. The Labute approximate surface area is 158 Å². The van der Waals surface area contributed by atoms with Crippen molar-refractivity contribution in [3.63, 3.8) is 0 Å². The van der Waals surface area contributed by atoms with Crippen LogP contribution in [0.15, 0.2) is 18.2 Å². The van der Waals surface area contributed by atoms with Crippen LogP contribution in [0.25, 0.3) is 0 Å². The number of nitrogens with one attached hydrogen (secondary N) is 1. The number of rotatable bonds is 6. The third kappa shape index (κ3) is 4.40. The van der Waals surface area contributed by atoms with Crippen LogP contribution in [0.3, 0.4) is 0 Å². The molecule has 4 atom stereocenters. The fraction of sp³-hybridized carbons (Fsp3) is 0.579. The highest BCUT2D eigenvalue weighted by Crippen LogP contribution is 2.47. The number of anilines is 1. The van der Waals surface area contributed by atoms with E-state index in [9.17, 15) is 14.7 Å². The topological polar surface area (TPSA) is 97.3 Å². The smallest absolute Gasteiger partial charge is 0.308 e. The number of nitrogens with zero attached hydrogens (tertiary/aromatic N) is 1. The maximum Gasteiger partial charge on any atom is 0.308 e. The second kappa shape index (κ2) is 8.24. The van der Waals surface area contributed by atoms with Gasteiger partial charge < -0.3 is 29.5 Å². The first kappa shape index (κ1) is 19.6. The first-order chi connectivity index (χ1) is 12.9. The molecule has 1 aromatic rings. The number of methoxy groups -OCH3 is 1. The van der Waals surface area contributed by atoms with Crippen molar-refractivity contribution in [3.8, 4) is 5.75 Å². The molecule has 0 aromatic heterocycles. The lowest BCUT2D eigenvalue weighted by Gasteiger charge is -2.36. The molecule has 0 bridgehead atoms. The van der Waals surface area contributed by atoms with E-state index in [1.54, 1.807) is 11.0 Å². The van der Waals surface area contributed by atoms with Gasteiger partial charge in [-0.15, -0.1) is 0 Å². The molecule has 2 aliphatic heterocycles. The van der Waals surface area contributed by atoms with Crippen LogP contribution < -0.4 is 10.1 Å². The van der Waals surface area contributed by atoms with Crippen molar-refractivity contribution in [2.75, 3.05) is 39.7 Å². The van der Waals surface area contributed by atoms with Crippen molar-refractivity contribution in [1.29, 1.82) is 0 Å². The summed E-state index contributed by atoms with van der Waals surface area (Å²) in [5.41, 5.74) is 1.65. The zero-order chi connectivity index (χ0) is 19.6. The lowest BCUT2D eigenvalue weighted by Crippen LogP contribution is -2.46. The van der Waals surface area contributed by atoms with Crippen LogP contribution in [-0.2, 0) is 19.1 Å². The molecule has 0 aliphatic carbocycles. The Morgan fingerprint density at radius 1 is 1.37 bits per heavy atom. The fourth-order valence-corrected chi connectivity index (χ4v) is 3.72. The summed E-state index contributed by atoms with van der Waals surface area (Å²) < 4.78 is 16.6. The number of benzene rings is 1. The summed E-state index contributed by atoms with van der Waals surface area (Å²) >= 11 is 0. The van der Waals surface area contributed by atoms with Crippen LogP contribution in [0, 0.1) is 0 Å². The number of fused-ring (bicyclic) bond motifs is 3. The number of aliphatic hydroxyl groups is 1. The van der Waals surface area contributed by atoms with E-state index in [0.29, 0.717) is 18.7 Å². The van der Waals surface area contributed by atoms with Gasteiger partial charge in [0, 0.05) is 17.2 Å². The molecule has 1 saturated heterocycles. The van der Waals surface area contributed by atoms with Crippen LogP contribution >= 0.6 is 0 Å². The highest BCUT2D eigenvalue weighted by Gasteiger charge is 2.46. The van der Waals surface area contributed by atoms with Gasteiger partial charge in [0.2, 0.25) is 5.91 Å². The van der Waals surface area contributed by atoms with Crippen LogP contribution in [-0.4, -0.2) is 74.6 Å². The fourth-order valence-electron chi connectivity index (χ4n) is 3.72. The van der Waals surface area contributed by atoms with E-state index in [1.807, 2.05) is 26.2 Å². The molecule has 27 heavy (non-hydrogen) atoms. The van der Waals surface area contributed by atoms with E-state index in [0.717, 1.165) is 11.3 Å². The largest absolute Gasteiger partial charge is 0.487 e. The molecule has 1 aromatic carbocycles. The molecule has 3 rings (SSSR count). The van der Waals surface area contributed by atoms with Crippen LogP contribution in [0.2, 0.25) is 0 Å². The van der Waals surface area contributed by atoms with Crippen molar-refractivity contribution in [2.24, 2.45) is 0 Å². The maximum atomic E-state index is 12.0. The standard InChI is InChI=1S/C19H26N2O6/c1-21(2)9-17(23)20-11-4-5-15-13(6-11)14-7-12(8-18(24)25-3)26-16(10-22)19(14)27-15/h4-6,12,14,16,19,22H,7-10H2,1-3H3,(H,20,23)/t12-,14+,16+,19-/m1/s1. The van der Waals surface area contributed by atoms with Crippen LogP contribution in [0.5, 0.6) is 5.75 Å². The molecule has 8 nitrogen and oxygen atoms in total. The SMILES string of the molecule is COC(=O)C[C@H]1C[C@H]2c3cc(NC(=O)CN(C)C)ccc3O[C@H]2[C@H](CO)O1. The van der Waals surface area contributed by atoms with E-state index < -0.39 is 6.10 Å². The Morgan fingerprint density at radius 2 is 2.15 bits per heavy atom. The maximum absolute atomic E-state index is 12.0. The predicted molar refractivity (Wildman–Crippen MR) is 97.8 cm³/mol. The summed E-state index contributed by atoms with van der Waals surface area (Å²) in [7, 11) is 5.01. The highest BCUT2D eigenvalue weighted by atomic mass is 16.6.